The van der Waals surface area contributed by atoms with Gasteiger partial charge in [0.1, 0.15) is 34.2 Å². The molecule has 0 saturated carbocycles. The Morgan fingerprint density at radius 2 is 2.03 bits per heavy atom. The molecule has 0 bridgehead atoms. The van der Waals surface area contributed by atoms with Crippen molar-refractivity contribution >= 4 is 27.5 Å². The van der Waals surface area contributed by atoms with Gasteiger partial charge in [-0.15, -0.1) is 0 Å². The smallest absolute Gasteiger partial charge is 0.318 e. The van der Waals surface area contributed by atoms with Crippen LogP contribution in [0.4, 0.5) is 14.6 Å². The van der Waals surface area contributed by atoms with Crippen molar-refractivity contribution in [2.24, 2.45) is 0 Å². The van der Waals surface area contributed by atoms with Crippen LogP contribution in [-0.4, -0.2) is 64.2 Å². The molecule has 0 unspecified atom stereocenters. The zero-order valence-electron chi connectivity index (χ0n) is 20.2. The number of β-amino-alcohol motifs (C(OH)–C–C–N with tert-alkyl or cyclic N) is 1. The zero-order valence-corrected chi connectivity index (χ0v) is 20.2. The Bertz CT molecular complexity index is 1480. The van der Waals surface area contributed by atoms with Gasteiger partial charge >= 0.3 is 6.01 Å². The molecule has 2 N–H and O–H groups in total. The Balaban J connectivity index is 1.77. The zero-order chi connectivity index (χ0) is 25.6. The average Bonchev–Trinajstić information content (AvgIpc) is 3.03. The first-order valence-electron chi connectivity index (χ1n) is 11.6. The maximum absolute atomic E-state index is 16.2. The summed E-state index contributed by atoms with van der Waals surface area (Å²) in [7, 11) is 1.38. The number of ether oxygens (including phenoxy) is 2. The van der Waals surface area contributed by atoms with E-state index in [0.29, 0.717) is 47.1 Å². The van der Waals surface area contributed by atoms with E-state index in [1.807, 2.05) is 6.92 Å². The second-order valence-corrected chi connectivity index (χ2v) is 9.16. The lowest BCUT2D eigenvalue weighted by molar-refractivity contribution is -0.0123. The Labute approximate surface area is 206 Å². The Hall–Kier alpha value is -3.63. The SMILES string of the molecule is CCc1c(F)ccc2cc(O)cc(-c3ncc4c(N5CCOC[C@@](C)(O)C5)nc(OC)nc4c3F)c12. The van der Waals surface area contributed by atoms with Crippen molar-refractivity contribution in [2.45, 2.75) is 25.9 Å². The number of pyridine rings is 1. The number of aliphatic hydroxyl groups is 1. The fourth-order valence-corrected chi connectivity index (χ4v) is 4.76. The van der Waals surface area contributed by atoms with Gasteiger partial charge in [-0.2, -0.15) is 9.97 Å². The molecule has 2 aromatic carbocycles. The maximum Gasteiger partial charge on any atom is 0.318 e. The molecular weight excluding hydrogens is 470 g/mol. The van der Waals surface area contributed by atoms with Gasteiger partial charge in [0, 0.05) is 18.3 Å². The Morgan fingerprint density at radius 1 is 1.22 bits per heavy atom. The molecule has 4 aromatic rings. The maximum atomic E-state index is 16.2. The highest BCUT2D eigenvalue weighted by atomic mass is 19.1. The van der Waals surface area contributed by atoms with E-state index in [-0.39, 0.29) is 41.7 Å². The molecule has 10 heteroatoms. The number of anilines is 1. The van der Waals surface area contributed by atoms with Crippen molar-refractivity contribution in [2.75, 3.05) is 38.3 Å². The Morgan fingerprint density at radius 3 is 2.78 bits per heavy atom. The van der Waals surface area contributed by atoms with Crippen molar-refractivity contribution in [1.82, 2.24) is 15.0 Å². The molecular formula is C26H26F2N4O4. The number of aromatic nitrogens is 3. The summed E-state index contributed by atoms with van der Waals surface area (Å²) in [6, 6.07) is 5.70. The number of hydrogen-bond acceptors (Lipinski definition) is 8. The van der Waals surface area contributed by atoms with Gasteiger partial charge in [-0.05, 0) is 47.9 Å². The third-order valence-corrected chi connectivity index (χ3v) is 6.34. The summed E-state index contributed by atoms with van der Waals surface area (Å²) in [5.74, 6) is -0.924. The summed E-state index contributed by atoms with van der Waals surface area (Å²) in [6.07, 6.45) is 1.82. The molecule has 2 aromatic heterocycles. The molecule has 0 amide bonds. The van der Waals surface area contributed by atoms with E-state index in [1.54, 1.807) is 17.9 Å². The van der Waals surface area contributed by atoms with E-state index in [1.165, 1.54) is 31.5 Å². The molecule has 1 fully saturated rings. The summed E-state index contributed by atoms with van der Waals surface area (Å²) in [5.41, 5.74) is -0.615. The minimum absolute atomic E-state index is 0.0439. The molecule has 8 nitrogen and oxygen atoms in total. The summed E-state index contributed by atoms with van der Waals surface area (Å²) < 4.78 is 41.6. The van der Waals surface area contributed by atoms with Gasteiger partial charge in [-0.1, -0.05) is 13.0 Å². The topological polar surface area (TPSA) is 101 Å². The number of aryl methyl sites for hydroxylation is 1. The second kappa shape index (κ2) is 9.11. The lowest BCUT2D eigenvalue weighted by Gasteiger charge is -2.29. The normalized spacial score (nSPS) is 18.6. The third kappa shape index (κ3) is 4.16. The highest BCUT2D eigenvalue weighted by Crippen LogP contribution is 2.39. The van der Waals surface area contributed by atoms with Crippen LogP contribution in [0.5, 0.6) is 11.8 Å². The number of benzene rings is 2. The molecule has 5 rings (SSSR count). The fraction of sp³-hybridized carbons (Fsp3) is 0.346. The van der Waals surface area contributed by atoms with Gasteiger partial charge in [-0.3, -0.25) is 4.98 Å². The third-order valence-electron chi connectivity index (χ3n) is 6.34. The van der Waals surface area contributed by atoms with Crippen molar-refractivity contribution in [1.29, 1.82) is 0 Å². The summed E-state index contributed by atoms with van der Waals surface area (Å²) in [5, 5.41) is 22.4. The lowest BCUT2D eigenvalue weighted by Crippen LogP contribution is -2.42. The molecule has 1 atom stereocenters. The number of phenols is 1. The van der Waals surface area contributed by atoms with Crippen LogP contribution in [0.25, 0.3) is 32.9 Å². The molecule has 1 aliphatic heterocycles. The number of nitrogens with zero attached hydrogens (tertiary/aromatic N) is 4. The van der Waals surface area contributed by atoms with Gasteiger partial charge in [-0.25, -0.2) is 8.78 Å². The number of hydrogen-bond donors (Lipinski definition) is 2. The molecule has 1 aliphatic rings. The highest BCUT2D eigenvalue weighted by Gasteiger charge is 2.30. The minimum Gasteiger partial charge on any atom is -0.508 e. The molecule has 36 heavy (non-hydrogen) atoms. The van der Waals surface area contributed by atoms with Gasteiger partial charge in [0.25, 0.3) is 0 Å². The van der Waals surface area contributed by atoms with Crippen LogP contribution >= 0.6 is 0 Å². The average molecular weight is 497 g/mol. The van der Waals surface area contributed by atoms with Crippen molar-refractivity contribution in [3.8, 4) is 23.0 Å². The first kappa shape index (κ1) is 24.1. The van der Waals surface area contributed by atoms with Crippen LogP contribution in [0.3, 0.4) is 0 Å². The molecule has 3 heterocycles. The predicted octanol–water partition coefficient (Wildman–Crippen LogP) is 3.99. The van der Waals surface area contributed by atoms with E-state index in [2.05, 4.69) is 15.0 Å². The van der Waals surface area contributed by atoms with Crippen LogP contribution in [0.2, 0.25) is 0 Å². The first-order chi connectivity index (χ1) is 17.2. The molecule has 1 saturated heterocycles. The largest absolute Gasteiger partial charge is 0.508 e. The van der Waals surface area contributed by atoms with Gasteiger partial charge in [0.05, 0.1) is 32.3 Å². The molecule has 0 radical (unpaired) electrons. The Kier molecular flexibility index (Phi) is 6.09. The molecule has 0 spiro atoms. The summed E-state index contributed by atoms with van der Waals surface area (Å²) in [6.45, 7) is 4.57. The van der Waals surface area contributed by atoms with Gasteiger partial charge < -0.3 is 24.6 Å². The highest BCUT2D eigenvalue weighted by molar-refractivity contribution is 6.01. The van der Waals surface area contributed by atoms with E-state index in [0.717, 1.165) is 0 Å². The lowest BCUT2D eigenvalue weighted by atomic mass is 9.94. The van der Waals surface area contributed by atoms with Crippen molar-refractivity contribution < 1.29 is 28.5 Å². The number of halogens is 2. The quantitative estimate of drug-likeness (QED) is 0.438. The number of aromatic hydroxyl groups is 1. The monoisotopic (exact) mass is 496 g/mol. The number of phenolic OH excluding ortho intramolecular Hbond substituents is 1. The van der Waals surface area contributed by atoms with E-state index in [4.69, 9.17) is 9.47 Å². The predicted molar refractivity (Wildman–Crippen MR) is 131 cm³/mol. The fourth-order valence-electron chi connectivity index (χ4n) is 4.76. The van der Waals surface area contributed by atoms with Crippen LogP contribution in [0.1, 0.15) is 19.4 Å². The van der Waals surface area contributed by atoms with Gasteiger partial charge in [0.15, 0.2) is 5.82 Å². The molecule has 0 aliphatic carbocycles. The van der Waals surface area contributed by atoms with Gasteiger partial charge in [0.2, 0.25) is 0 Å². The van der Waals surface area contributed by atoms with Crippen LogP contribution in [-0.2, 0) is 11.2 Å². The summed E-state index contributed by atoms with van der Waals surface area (Å²) >= 11 is 0. The second-order valence-electron chi connectivity index (χ2n) is 9.16. The van der Waals surface area contributed by atoms with Crippen LogP contribution in [0, 0.1) is 11.6 Å². The van der Waals surface area contributed by atoms with E-state index >= 15 is 4.39 Å². The first-order valence-corrected chi connectivity index (χ1v) is 11.6. The number of fused-ring (bicyclic) bond motifs is 2. The van der Waals surface area contributed by atoms with Crippen LogP contribution in [0.15, 0.2) is 30.5 Å². The van der Waals surface area contributed by atoms with Crippen molar-refractivity contribution in [3.63, 3.8) is 0 Å². The summed E-state index contributed by atoms with van der Waals surface area (Å²) in [4.78, 5) is 14.9. The van der Waals surface area contributed by atoms with Crippen LogP contribution < -0.4 is 9.64 Å². The van der Waals surface area contributed by atoms with Crippen molar-refractivity contribution in [3.05, 3.63) is 47.7 Å². The standard InChI is InChI=1S/C26H26F2N4O4/c1-4-16-19(27)6-5-14-9-15(33)10-17(20(14)16)22-21(28)23-18(11-29-22)24(31-25(30-23)35-3)32-7-8-36-13-26(2,34)12-32/h5-6,9-11,33-34H,4,7-8,12-13H2,1-3H3/t26-/m0/s1. The number of methoxy groups -OCH3 is 1. The number of rotatable bonds is 4. The molecule has 188 valence electrons. The van der Waals surface area contributed by atoms with E-state index < -0.39 is 17.2 Å². The van der Waals surface area contributed by atoms with E-state index in [9.17, 15) is 14.6 Å². The minimum atomic E-state index is -1.14.